The Bertz CT molecular complexity index is 607. The highest BCUT2D eigenvalue weighted by atomic mass is 35.5. The Morgan fingerprint density at radius 1 is 1.13 bits per heavy atom. The maximum absolute atomic E-state index is 12.6. The van der Waals surface area contributed by atoms with Gasteiger partial charge in [-0.2, -0.15) is 0 Å². The second-order valence-corrected chi connectivity index (χ2v) is 6.34. The maximum Gasteiger partial charge on any atom is 0.227 e. The molecule has 0 saturated carbocycles. The van der Waals surface area contributed by atoms with Crippen molar-refractivity contribution in [3.8, 4) is 5.75 Å². The molecule has 1 aliphatic heterocycles. The maximum atomic E-state index is 12.6. The van der Waals surface area contributed by atoms with Crippen LogP contribution in [-0.4, -0.2) is 54.9 Å². The molecule has 5 nitrogen and oxygen atoms in total. The number of carbonyl (C=O) groups excluding carboxylic acids is 2. The molecule has 0 N–H and O–H groups in total. The molecular formula is C16H20Cl2N2O3. The van der Waals surface area contributed by atoms with Crippen LogP contribution in [0, 0.1) is 0 Å². The summed E-state index contributed by atoms with van der Waals surface area (Å²) in [6, 6.07) is 3.29. The summed E-state index contributed by atoms with van der Waals surface area (Å²) >= 11 is 12.1. The van der Waals surface area contributed by atoms with Crippen LogP contribution in [0.1, 0.15) is 18.9 Å². The smallest absolute Gasteiger partial charge is 0.227 e. The Morgan fingerprint density at radius 2 is 1.78 bits per heavy atom. The number of benzene rings is 1. The highest BCUT2D eigenvalue weighted by molar-refractivity contribution is 6.35. The number of hydrogen-bond donors (Lipinski definition) is 0. The summed E-state index contributed by atoms with van der Waals surface area (Å²) in [6.07, 6.45) is 0.947. The molecule has 1 aromatic carbocycles. The average molecular weight is 359 g/mol. The minimum absolute atomic E-state index is 0.0213. The molecule has 126 valence electrons. The van der Waals surface area contributed by atoms with Gasteiger partial charge in [-0.1, -0.05) is 23.2 Å². The summed E-state index contributed by atoms with van der Waals surface area (Å²) < 4.78 is 5.28. The summed E-state index contributed by atoms with van der Waals surface area (Å²) in [4.78, 5) is 27.6. The van der Waals surface area contributed by atoms with Crippen molar-refractivity contribution < 1.29 is 14.3 Å². The molecule has 1 heterocycles. The van der Waals surface area contributed by atoms with Crippen LogP contribution >= 0.6 is 23.2 Å². The van der Waals surface area contributed by atoms with E-state index in [2.05, 4.69) is 0 Å². The van der Waals surface area contributed by atoms with E-state index in [4.69, 9.17) is 27.9 Å². The normalized spacial score (nSPS) is 15.3. The molecule has 1 aliphatic rings. The van der Waals surface area contributed by atoms with Crippen molar-refractivity contribution in [2.24, 2.45) is 0 Å². The van der Waals surface area contributed by atoms with E-state index < -0.39 is 0 Å². The largest absolute Gasteiger partial charge is 0.495 e. The first-order valence-corrected chi connectivity index (χ1v) is 8.23. The molecule has 0 aliphatic carbocycles. The van der Waals surface area contributed by atoms with Gasteiger partial charge < -0.3 is 14.5 Å². The van der Waals surface area contributed by atoms with Gasteiger partial charge in [-0.15, -0.1) is 0 Å². The second-order valence-electron chi connectivity index (χ2n) is 5.50. The van der Waals surface area contributed by atoms with Gasteiger partial charge in [0.25, 0.3) is 0 Å². The molecule has 0 spiro atoms. The van der Waals surface area contributed by atoms with Crippen LogP contribution in [0.25, 0.3) is 0 Å². The summed E-state index contributed by atoms with van der Waals surface area (Å²) in [6.45, 7) is 3.98. The van der Waals surface area contributed by atoms with Crippen LogP contribution in [0.4, 0.5) is 0 Å². The van der Waals surface area contributed by atoms with Crippen molar-refractivity contribution in [1.82, 2.24) is 9.80 Å². The lowest BCUT2D eigenvalue weighted by Gasteiger charge is -2.22. The van der Waals surface area contributed by atoms with E-state index in [0.717, 1.165) is 6.42 Å². The molecule has 0 bridgehead atoms. The standard InChI is InChI=1S/C16H20Cl2N2O3/c1-11(21)19-4-3-5-20(7-6-19)15(22)9-12-8-13(17)10-14(18)16(12)23-2/h8,10H,3-7,9H2,1-2H3. The van der Waals surface area contributed by atoms with Crippen LogP contribution in [0.2, 0.25) is 10.0 Å². The Hall–Kier alpha value is -1.46. The molecule has 0 unspecified atom stereocenters. The Balaban J connectivity index is 2.09. The van der Waals surface area contributed by atoms with Crippen molar-refractivity contribution in [2.45, 2.75) is 19.8 Å². The molecule has 0 radical (unpaired) electrons. The van der Waals surface area contributed by atoms with Gasteiger partial charge in [0, 0.05) is 43.7 Å². The van der Waals surface area contributed by atoms with E-state index in [1.165, 1.54) is 7.11 Å². The first-order chi connectivity index (χ1) is 10.9. The Kier molecular flexibility index (Phi) is 6.13. The summed E-state index contributed by atoms with van der Waals surface area (Å²) in [5, 5.41) is 0.860. The molecular weight excluding hydrogens is 339 g/mol. The van der Waals surface area contributed by atoms with Gasteiger partial charge in [-0.05, 0) is 18.6 Å². The van der Waals surface area contributed by atoms with Crippen LogP contribution < -0.4 is 4.74 Å². The summed E-state index contributed by atoms with van der Waals surface area (Å²) in [5.74, 6) is 0.499. The number of rotatable bonds is 3. The Labute approximate surface area is 146 Å². The zero-order valence-corrected chi connectivity index (χ0v) is 14.8. The van der Waals surface area contributed by atoms with Crippen LogP contribution in [0.5, 0.6) is 5.75 Å². The van der Waals surface area contributed by atoms with Crippen molar-refractivity contribution >= 4 is 35.0 Å². The SMILES string of the molecule is COc1c(Cl)cc(Cl)cc1CC(=O)N1CCCN(C(C)=O)CC1. The number of hydrogen-bond acceptors (Lipinski definition) is 3. The molecule has 2 rings (SSSR count). The van der Waals surface area contributed by atoms with E-state index in [0.29, 0.717) is 47.5 Å². The molecule has 0 atom stereocenters. The van der Waals surface area contributed by atoms with Crippen molar-refractivity contribution in [2.75, 3.05) is 33.3 Å². The molecule has 7 heteroatoms. The van der Waals surface area contributed by atoms with Crippen molar-refractivity contribution in [3.63, 3.8) is 0 Å². The third-order valence-electron chi connectivity index (χ3n) is 3.93. The molecule has 1 fully saturated rings. The zero-order valence-electron chi connectivity index (χ0n) is 13.3. The lowest BCUT2D eigenvalue weighted by Crippen LogP contribution is -2.37. The minimum Gasteiger partial charge on any atom is -0.495 e. The Morgan fingerprint density at radius 3 is 2.43 bits per heavy atom. The number of methoxy groups -OCH3 is 1. The molecule has 1 saturated heterocycles. The van der Waals surface area contributed by atoms with Gasteiger partial charge in [0.15, 0.2) is 0 Å². The van der Waals surface area contributed by atoms with E-state index >= 15 is 0 Å². The van der Waals surface area contributed by atoms with E-state index in [1.807, 2.05) is 0 Å². The number of halogens is 2. The van der Waals surface area contributed by atoms with Gasteiger partial charge in [-0.3, -0.25) is 9.59 Å². The van der Waals surface area contributed by atoms with Gasteiger partial charge in [0.2, 0.25) is 11.8 Å². The minimum atomic E-state index is -0.0213. The number of amides is 2. The average Bonchev–Trinajstić information content (AvgIpc) is 2.72. The predicted molar refractivity (Wildman–Crippen MR) is 90.2 cm³/mol. The topological polar surface area (TPSA) is 49.9 Å². The molecule has 1 aromatic rings. The third-order valence-corrected chi connectivity index (χ3v) is 4.42. The van der Waals surface area contributed by atoms with Gasteiger partial charge >= 0.3 is 0 Å². The highest BCUT2D eigenvalue weighted by Crippen LogP contribution is 2.32. The van der Waals surface area contributed by atoms with E-state index in [-0.39, 0.29) is 18.2 Å². The van der Waals surface area contributed by atoms with Crippen molar-refractivity contribution in [1.29, 1.82) is 0 Å². The number of carbonyl (C=O) groups is 2. The quantitative estimate of drug-likeness (QED) is 0.834. The fraction of sp³-hybridized carbons (Fsp3) is 0.500. The fourth-order valence-corrected chi connectivity index (χ4v) is 3.34. The zero-order chi connectivity index (χ0) is 17.0. The monoisotopic (exact) mass is 358 g/mol. The summed E-state index contributed by atoms with van der Waals surface area (Å²) in [5.41, 5.74) is 0.669. The van der Waals surface area contributed by atoms with Crippen LogP contribution in [0.3, 0.4) is 0 Å². The van der Waals surface area contributed by atoms with E-state index in [1.54, 1.807) is 28.9 Å². The number of nitrogens with zero attached hydrogens (tertiary/aromatic N) is 2. The van der Waals surface area contributed by atoms with E-state index in [9.17, 15) is 9.59 Å². The van der Waals surface area contributed by atoms with Gasteiger partial charge in [0.1, 0.15) is 5.75 Å². The molecule has 0 aromatic heterocycles. The first-order valence-electron chi connectivity index (χ1n) is 7.47. The highest BCUT2D eigenvalue weighted by Gasteiger charge is 2.22. The third kappa shape index (κ3) is 4.52. The molecule has 2 amide bonds. The fourth-order valence-electron chi connectivity index (χ4n) is 2.73. The first kappa shape index (κ1) is 17.9. The van der Waals surface area contributed by atoms with Gasteiger partial charge in [0.05, 0.1) is 18.6 Å². The number of ether oxygens (including phenoxy) is 1. The molecule has 23 heavy (non-hydrogen) atoms. The second kappa shape index (κ2) is 7.88. The predicted octanol–water partition coefficient (Wildman–Crippen LogP) is 2.63. The lowest BCUT2D eigenvalue weighted by molar-refractivity contribution is -0.132. The van der Waals surface area contributed by atoms with Crippen LogP contribution in [0.15, 0.2) is 12.1 Å². The van der Waals surface area contributed by atoms with Crippen molar-refractivity contribution in [3.05, 3.63) is 27.7 Å². The van der Waals surface area contributed by atoms with Gasteiger partial charge in [-0.25, -0.2) is 0 Å². The van der Waals surface area contributed by atoms with Crippen LogP contribution in [-0.2, 0) is 16.0 Å². The lowest BCUT2D eigenvalue weighted by atomic mass is 10.1. The summed E-state index contributed by atoms with van der Waals surface area (Å²) in [7, 11) is 1.51.